The molecule has 1 aliphatic heterocycles. The molecule has 1 aromatic rings. The summed E-state index contributed by atoms with van der Waals surface area (Å²) >= 11 is 0. The number of ether oxygens (including phenoxy) is 2. The van der Waals surface area contributed by atoms with Crippen molar-refractivity contribution in [2.45, 2.75) is 71.6 Å². The van der Waals surface area contributed by atoms with Crippen molar-refractivity contribution in [3.8, 4) is 6.07 Å². The Balaban J connectivity index is 2.20. The Bertz CT molecular complexity index is 884. The molecule has 0 fully saturated rings. The van der Waals surface area contributed by atoms with Gasteiger partial charge in [-0.1, -0.05) is 45.1 Å². The van der Waals surface area contributed by atoms with E-state index in [4.69, 9.17) is 14.7 Å². The summed E-state index contributed by atoms with van der Waals surface area (Å²) in [5.41, 5.74) is 2.44. The molecule has 7 heteroatoms. The molecule has 0 saturated carbocycles. The number of esters is 2. The Labute approximate surface area is 190 Å². The van der Waals surface area contributed by atoms with Crippen molar-refractivity contribution in [2.24, 2.45) is 0 Å². The SMILES string of the molecule is CCCCCCCCOC(=O)C1=C(C)NC(C)=C(C(=O)OCCC#N)C1c1ccccn1. The summed E-state index contributed by atoms with van der Waals surface area (Å²) in [5, 5.41) is 11.9. The fourth-order valence-corrected chi connectivity index (χ4v) is 3.77. The van der Waals surface area contributed by atoms with Crippen LogP contribution in [-0.2, 0) is 19.1 Å². The Kier molecular flexibility index (Phi) is 10.5. The van der Waals surface area contributed by atoms with Crippen molar-refractivity contribution in [3.63, 3.8) is 0 Å². The zero-order chi connectivity index (χ0) is 23.3. The summed E-state index contributed by atoms with van der Waals surface area (Å²) in [7, 11) is 0. The van der Waals surface area contributed by atoms with Crippen molar-refractivity contribution in [1.29, 1.82) is 5.26 Å². The topological polar surface area (TPSA) is 101 Å². The second-order valence-electron chi connectivity index (χ2n) is 7.84. The summed E-state index contributed by atoms with van der Waals surface area (Å²) in [6, 6.07) is 7.32. The second kappa shape index (κ2) is 13.3. The number of hydrogen-bond donors (Lipinski definition) is 1. The lowest BCUT2D eigenvalue weighted by molar-refractivity contribution is -0.140. The second-order valence-corrected chi connectivity index (χ2v) is 7.84. The van der Waals surface area contributed by atoms with Crippen LogP contribution in [0.1, 0.15) is 77.3 Å². The van der Waals surface area contributed by atoms with Gasteiger partial charge in [0.1, 0.15) is 6.61 Å². The van der Waals surface area contributed by atoms with Crippen LogP contribution in [-0.4, -0.2) is 30.1 Å². The van der Waals surface area contributed by atoms with Gasteiger partial charge < -0.3 is 14.8 Å². The van der Waals surface area contributed by atoms with Gasteiger partial charge in [-0.3, -0.25) is 4.98 Å². The highest BCUT2D eigenvalue weighted by Gasteiger charge is 2.38. The molecule has 1 N–H and O–H groups in total. The number of nitrogens with zero attached hydrogens (tertiary/aromatic N) is 2. The number of unbranched alkanes of at least 4 members (excludes halogenated alkanes) is 5. The first-order chi connectivity index (χ1) is 15.5. The standard InChI is InChI=1S/C25H33N3O4/c1-4-5-6-7-8-11-16-31-24(29)21-18(2)28-19(3)22(25(30)32-17-12-14-26)23(21)20-13-9-10-15-27-20/h9-10,13,15,23,28H,4-8,11-12,16-17H2,1-3H3. The average Bonchev–Trinajstić information content (AvgIpc) is 2.78. The lowest BCUT2D eigenvalue weighted by Gasteiger charge is -2.29. The van der Waals surface area contributed by atoms with Gasteiger partial charge in [-0.2, -0.15) is 5.26 Å². The van der Waals surface area contributed by atoms with Crippen molar-refractivity contribution < 1.29 is 19.1 Å². The first-order valence-electron chi connectivity index (χ1n) is 11.3. The molecule has 1 atom stereocenters. The monoisotopic (exact) mass is 439 g/mol. The average molecular weight is 440 g/mol. The van der Waals surface area contributed by atoms with E-state index < -0.39 is 17.9 Å². The number of pyridine rings is 1. The molecule has 0 aliphatic carbocycles. The summed E-state index contributed by atoms with van der Waals surface area (Å²) in [5.74, 6) is -1.74. The number of nitrogens with one attached hydrogen (secondary N) is 1. The Morgan fingerprint density at radius 2 is 1.62 bits per heavy atom. The molecule has 0 spiro atoms. The van der Waals surface area contributed by atoms with Crippen LogP contribution in [0.4, 0.5) is 0 Å². The molecule has 0 saturated heterocycles. The molecule has 0 amide bonds. The van der Waals surface area contributed by atoms with Crippen LogP contribution in [0.3, 0.4) is 0 Å². The van der Waals surface area contributed by atoms with Gasteiger partial charge in [0.15, 0.2) is 0 Å². The predicted octanol–water partition coefficient (Wildman–Crippen LogP) is 4.68. The molecule has 1 aliphatic rings. The maximum Gasteiger partial charge on any atom is 0.336 e. The highest BCUT2D eigenvalue weighted by molar-refractivity contribution is 5.99. The number of rotatable bonds is 12. The number of carbonyl (C=O) groups is 2. The minimum atomic E-state index is -0.705. The van der Waals surface area contributed by atoms with Crippen molar-refractivity contribution >= 4 is 11.9 Å². The number of hydrogen-bond acceptors (Lipinski definition) is 7. The number of dihydropyridines is 1. The Morgan fingerprint density at radius 1 is 1.00 bits per heavy atom. The van der Waals surface area contributed by atoms with Crippen LogP contribution in [0, 0.1) is 11.3 Å². The van der Waals surface area contributed by atoms with Gasteiger partial charge in [0.25, 0.3) is 0 Å². The molecular weight excluding hydrogens is 406 g/mol. The highest BCUT2D eigenvalue weighted by Crippen LogP contribution is 2.38. The van der Waals surface area contributed by atoms with E-state index in [-0.39, 0.29) is 13.0 Å². The van der Waals surface area contributed by atoms with E-state index in [2.05, 4.69) is 17.2 Å². The van der Waals surface area contributed by atoms with Crippen LogP contribution in [0.15, 0.2) is 46.9 Å². The summed E-state index contributed by atoms with van der Waals surface area (Å²) in [4.78, 5) is 30.4. The molecule has 1 aromatic heterocycles. The largest absolute Gasteiger partial charge is 0.462 e. The fourth-order valence-electron chi connectivity index (χ4n) is 3.77. The lowest BCUT2D eigenvalue weighted by Crippen LogP contribution is -2.33. The number of nitriles is 1. The maximum atomic E-state index is 13.1. The van der Waals surface area contributed by atoms with E-state index in [1.807, 2.05) is 12.1 Å². The molecular formula is C25H33N3O4. The van der Waals surface area contributed by atoms with Crippen molar-refractivity contribution in [2.75, 3.05) is 13.2 Å². The quantitative estimate of drug-likeness (QED) is 0.373. The van der Waals surface area contributed by atoms with Crippen LogP contribution < -0.4 is 5.32 Å². The van der Waals surface area contributed by atoms with E-state index in [0.717, 1.165) is 19.3 Å². The molecule has 7 nitrogen and oxygen atoms in total. The third kappa shape index (κ3) is 6.94. The normalized spacial score (nSPS) is 15.8. The maximum absolute atomic E-state index is 13.1. The first-order valence-corrected chi connectivity index (χ1v) is 11.3. The fraction of sp³-hybridized carbons (Fsp3) is 0.520. The van der Waals surface area contributed by atoms with Gasteiger partial charge >= 0.3 is 11.9 Å². The predicted molar refractivity (Wildman–Crippen MR) is 121 cm³/mol. The Morgan fingerprint density at radius 3 is 2.22 bits per heavy atom. The highest BCUT2D eigenvalue weighted by atomic mass is 16.5. The minimum Gasteiger partial charge on any atom is -0.462 e. The Hall–Kier alpha value is -3.14. The third-order valence-electron chi connectivity index (χ3n) is 5.36. The summed E-state index contributed by atoms with van der Waals surface area (Å²) < 4.78 is 10.9. The molecule has 1 unspecified atom stereocenters. The number of carbonyl (C=O) groups excluding carboxylic acids is 2. The number of aromatic nitrogens is 1. The molecule has 32 heavy (non-hydrogen) atoms. The van der Waals surface area contributed by atoms with E-state index >= 15 is 0 Å². The van der Waals surface area contributed by atoms with Gasteiger partial charge in [-0.05, 0) is 32.4 Å². The third-order valence-corrected chi connectivity index (χ3v) is 5.36. The molecule has 172 valence electrons. The zero-order valence-corrected chi connectivity index (χ0v) is 19.3. The van der Waals surface area contributed by atoms with Crippen LogP contribution in [0.2, 0.25) is 0 Å². The van der Waals surface area contributed by atoms with Gasteiger partial charge in [0.05, 0.1) is 41.9 Å². The van der Waals surface area contributed by atoms with Gasteiger partial charge in [0.2, 0.25) is 0 Å². The van der Waals surface area contributed by atoms with Crippen LogP contribution >= 0.6 is 0 Å². The van der Waals surface area contributed by atoms with Crippen molar-refractivity contribution in [3.05, 3.63) is 52.6 Å². The molecule has 0 bridgehead atoms. The van der Waals surface area contributed by atoms with Crippen LogP contribution in [0.5, 0.6) is 0 Å². The zero-order valence-electron chi connectivity index (χ0n) is 19.3. The first kappa shape index (κ1) is 25.1. The summed E-state index contributed by atoms with van der Waals surface area (Å²) in [6.45, 7) is 6.05. The van der Waals surface area contributed by atoms with E-state index in [9.17, 15) is 9.59 Å². The van der Waals surface area contributed by atoms with E-state index in [1.54, 1.807) is 32.2 Å². The molecule has 2 rings (SSSR count). The molecule has 0 radical (unpaired) electrons. The smallest absolute Gasteiger partial charge is 0.336 e. The van der Waals surface area contributed by atoms with E-state index in [1.165, 1.54) is 19.3 Å². The van der Waals surface area contributed by atoms with Crippen molar-refractivity contribution in [1.82, 2.24) is 10.3 Å². The molecule has 0 aromatic carbocycles. The lowest BCUT2D eigenvalue weighted by atomic mass is 9.82. The number of allylic oxidation sites excluding steroid dienone is 2. The molecule has 2 heterocycles. The van der Waals surface area contributed by atoms with Gasteiger partial charge in [0, 0.05) is 17.6 Å². The summed E-state index contributed by atoms with van der Waals surface area (Å²) in [6.07, 6.45) is 8.29. The van der Waals surface area contributed by atoms with Gasteiger partial charge in [-0.25, -0.2) is 9.59 Å². The van der Waals surface area contributed by atoms with Crippen LogP contribution in [0.25, 0.3) is 0 Å². The minimum absolute atomic E-state index is 0.0123. The van der Waals surface area contributed by atoms with Gasteiger partial charge in [-0.15, -0.1) is 0 Å². The van der Waals surface area contributed by atoms with E-state index in [0.29, 0.717) is 34.8 Å².